The molecule has 1 aromatic carbocycles. The number of aromatic nitrogens is 1. The third-order valence-corrected chi connectivity index (χ3v) is 3.67. The first-order chi connectivity index (χ1) is 11.0. The predicted octanol–water partition coefficient (Wildman–Crippen LogP) is 3.78. The van der Waals surface area contributed by atoms with Crippen molar-refractivity contribution in [2.24, 2.45) is 0 Å². The van der Waals surface area contributed by atoms with Crippen LogP contribution in [0.4, 0.5) is 5.69 Å². The molecule has 23 heavy (non-hydrogen) atoms. The quantitative estimate of drug-likeness (QED) is 0.860. The molecule has 1 aromatic heterocycles. The van der Waals surface area contributed by atoms with Gasteiger partial charge in [0.2, 0.25) is 0 Å². The summed E-state index contributed by atoms with van der Waals surface area (Å²) in [6, 6.07) is 9.45. The molecule has 2 N–H and O–H groups in total. The van der Waals surface area contributed by atoms with Gasteiger partial charge in [0, 0.05) is 12.2 Å². The van der Waals surface area contributed by atoms with E-state index in [-0.39, 0.29) is 17.3 Å². The Morgan fingerprint density at radius 3 is 2.39 bits per heavy atom. The second kappa shape index (κ2) is 7.94. The number of carbonyl (C=O) groups excluding carboxylic acids is 2. The van der Waals surface area contributed by atoms with Gasteiger partial charge in [0.05, 0.1) is 10.0 Å². The minimum absolute atomic E-state index is 0.139. The average Bonchev–Trinajstić information content (AvgIpc) is 2.56. The van der Waals surface area contributed by atoms with Crippen molar-refractivity contribution in [2.45, 2.75) is 13.3 Å². The Morgan fingerprint density at radius 2 is 1.74 bits per heavy atom. The molecule has 2 aromatic rings. The first-order valence-electron chi connectivity index (χ1n) is 7.03. The van der Waals surface area contributed by atoms with E-state index in [1.165, 1.54) is 6.07 Å². The number of hydrogen-bond donors (Lipinski definition) is 2. The Hall–Kier alpha value is -2.11. The number of hydrogen-bond acceptors (Lipinski definition) is 3. The molecule has 2 amide bonds. The fraction of sp³-hybridized carbons (Fsp3) is 0.188. The number of pyridine rings is 1. The Bertz CT molecular complexity index is 735. The first kappa shape index (κ1) is 17.2. The third-order valence-electron chi connectivity index (χ3n) is 2.93. The summed E-state index contributed by atoms with van der Waals surface area (Å²) in [5, 5.41) is 6.11. The molecule has 0 saturated carbocycles. The van der Waals surface area contributed by atoms with Crippen molar-refractivity contribution >= 4 is 40.7 Å². The van der Waals surface area contributed by atoms with Crippen molar-refractivity contribution in [3.8, 4) is 0 Å². The summed E-state index contributed by atoms with van der Waals surface area (Å²) in [6.45, 7) is 2.51. The predicted molar refractivity (Wildman–Crippen MR) is 91.3 cm³/mol. The maximum atomic E-state index is 12.2. The summed E-state index contributed by atoms with van der Waals surface area (Å²) in [4.78, 5) is 28.2. The lowest BCUT2D eigenvalue weighted by atomic mass is 10.2. The van der Waals surface area contributed by atoms with Crippen molar-refractivity contribution in [2.75, 3.05) is 11.9 Å². The van der Waals surface area contributed by atoms with Crippen molar-refractivity contribution in [3.63, 3.8) is 0 Å². The molecule has 0 saturated heterocycles. The van der Waals surface area contributed by atoms with E-state index in [1.54, 1.807) is 30.3 Å². The van der Waals surface area contributed by atoms with E-state index in [9.17, 15) is 9.59 Å². The van der Waals surface area contributed by atoms with E-state index in [0.29, 0.717) is 22.3 Å². The molecule has 0 aliphatic rings. The van der Waals surface area contributed by atoms with E-state index in [4.69, 9.17) is 23.2 Å². The van der Waals surface area contributed by atoms with Gasteiger partial charge >= 0.3 is 0 Å². The normalized spacial score (nSPS) is 10.2. The zero-order chi connectivity index (χ0) is 16.8. The maximum Gasteiger partial charge on any atom is 0.274 e. The highest BCUT2D eigenvalue weighted by atomic mass is 35.5. The Balaban J connectivity index is 2.13. The molecule has 0 aliphatic carbocycles. The van der Waals surface area contributed by atoms with Crippen molar-refractivity contribution < 1.29 is 9.59 Å². The van der Waals surface area contributed by atoms with Gasteiger partial charge in [-0.15, -0.1) is 0 Å². The molecular weight excluding hydrogens is 337 g/mol. The number of benzene rings is 1. The zero-order valence-electron chi connectivity index (χ0n) is 12.4. The second-order valence-electron chi connectivity index (χ2n) is 4.75. The van der Waals surface area contributed by atoms with Crippen LogP contribution in [0.3, 0.4) is 0 Å². The highest BCUT2D eigenvalue weighted by molar-refractivity contribution is 6.42. The van der Waals surface area contributed by atoms with Gasteiger partial charge in [-0.2, -0.15) is 0 Å². The van der Waals surface area contributed by atoms with Crippen LogP contribution in [-0.4, -0.2) is 23.3 Å². The third kappa shape index (κ3) is 4.68. The number of halogens is 2. The van der Waals surface area contributed by atoms with Crippen LogP contribution in [0.2, 0.25) is 10.0 Å². The van der Waals surface area contributed by atoms with Crippen LogP contribution in [0.1, 0.15) is 34.3 Å². The molecule has 2 rings (SSSR count). The standard InChI is InChI=1S/C16H15Cl2N3O2/c1-2-8-19-15(22)13-4-3-5-14(21-13)16(23)20-10-6-7-11(17)12(18)9-10/h3-7,9H,2,8H2,1H3,(H,19,22)(H,20,23). The molecule has 120 valence electrons. The molecule has 7 heteroatoms. The molecule has 5 nitrogen and oxygen atoms in total. The molecule has 0 aliphatic heterocycles. The Labute approximate surface area is 144 Å². The van der Waals surface area contributed by atoms with Gasteiger partial charge < -0.3 is 10.6 Å². The van der Waals surface area contributed by atoms with Gasteiger partial charge in [-0.3, -0.25) is 9.59 Å². The second-order valence-corrected chi connectivity index (χ2v) is 5.56. The highest BCUT2D eigenvalue weighted by Gasteiger charge is 2.12. The molecule has 0 fully saturated rings. The molecule has 0 bridgehead atoms. The Morgan fingerprint density at radius 1 is 1.04 bits per heavy atom. The van der Waals surface area contributed by atoms with E-state index in [0.717, 1.165) is 6.42 Å². The molecule has 0 atom stereocenters. The van der Waals surface area contributed by atoms with Gasteiger partial charge in [0.25, 0.3) is 11.8 Å². The van der Waals surface area contributed by atoms with E-state index >= 15 is 0 Å². The SMILES string of the molecule is CCCNC(=O)c1cccc(C(=O)Nc2ccc(Cl)c(Cl)c2)n1. The molecular formula is C16H15Cl2N3O2. The number of nitrogens with zero attached hydrogens (tertiary/aromatic N) is 1. The lowest BCUT2D eigenvalue weighted by molar-refractivity contribution is 0.0948. The van der Waals surface area contributed by atoms with E-state index in [2.05, 4.69) is 15.6 Å². The number of anilines is 1. The molecule has 0 unspecified atom stereocenters. The van der Waals surface area contributed by atoms with Gasteiger partial charge in [0.15, 0.2) is 0 Å². The lowest BCUT2D eigenvalue weighted by Gasteiger charge is -2.07. The van der Waals surface area contributed by atoms with Crippen LogP contribution in [0.15, 0.2) is 36.4 Å². The largest absolute Gasteiger partial charge is 0.351 e. The van der Waals surface area contributed by atoms with E-state index in [1.807, 2.05) is 6.92 Å². The lowest BCUT2D eigenvalue weighted by Crippen LogP contribution is -2.26. The van der Waals surface area contributed by atoms with Crippen LogP contribution in [0.25, 0.3) is 0 Å². The van der Waals surface area contributed by atoms with Crippen molar-refractivity contribution in [1.82, 2.24) is 10.3 Å². The average molecular weight is 352 g/mol. The molecule has 0 spiro atoms. The van der Waals surface area contributed by atoms with Crippen LogP contribution in [0.5, 0.6) is 0 Å². The summed E-state index contributed by atoms with van der Waals surface area (Å²) in [6.07, 6.45) is 0.823. The topological polar surface area (TPSA) is 71.1 Å². The fourth-order valence-corrected chi connectivity index (χ4v) is 2.08. The highest BCUT2D eigenvalue weighted by Crippen LogP contribution is 2.25. The number of amides is 2. The summed E-state index contributed by atoms with van der Waals surface area (Å²) in [5.74, 6) is -0.746. The molecule has 0 radical (unpaired) electrons. The minimum atomic E-state index is -0.437. The minimum Gasteiger partial charge on any atom is -0.351 e. The number of nitrogens with one attached hydrogen (secondary N) is 2. The van der Waals surface area contributed by atoms with Gasteiger partial charge in [-0.25, -0.2) is 4.98 Å². The Kier molecular flexibility index (Phi) is 5.96. The van der Waals surface area contributed by atoms with Crippen LogP contribution < -0.4 is 10.6 Å². The van der Waals surface area contributed by atoms with Gasteiger partial charge in [-0.1, -0.05) is 36.2 Å². The summed E-state index contributed by atoms with van der Waals surface area (Å²) < 4.78 is 0. The maximum absolute atomic E-state index is 12.2. The van der Waals surface area contributed by atoms with Crippen molar-refractivity contribution in [3.05, 3.63) is 57.8 Å². The summed E-state index contributed by atoms with van der Waals surface area (Å²) >= 11 is 11.7. The van der Waals surface area contributed by atoms with Crippen LogP contribution in [0, 0.1) is 0 Å². The van der Waals surface area contributed by atoms with Gasteiger partial charge in [-0.05, 0) is 36.8 Å². The zero-order valence-corrected chi connectivity index (χ0v) is 13.9. The fourth-order valence-electron chi connectivity index (χ4n) is 1.79. The molecule has 1 heterocycles. The summed E-state index contributed by atoms with van der Waals surface area (Å²) in [5.41, 5.74) is 0.826. The van der Waals surface area contributed by atoms with E-state index < -0.39 is 5.91 Å². The number of carbonyl (C=O) groups is 2. The monoisotopic (exact) mass is 351 g/mol. The number of rotatable bonds is 5. The van der Waals surface area contributed by atoms with Crippen LogP contribution in [-0.2, 0) is 0 Å². The van der Waals surface area contributed by atoms with Crippen LogP contribution >= 0.6 is 23.2 Å². The summed E-state index contributed by atoms with van der Waals surface area (Å²) in [7, 11) is 0. The first-order valence-corrected chi connectivity index (χ1v) is 7.78. The smallest absolute Gasteiger partial charge is 0.274 e. The van der Waals surface area contributed by atoms with Crippen molar-refractivity contribution in [1.29, 1.82) is 0 Å². The van der Waals surface area contributed by atoms with Gasteiger partial charge in [0.1, 0.15) is 11.4 Å².